The van der Waals surface area contributed by atoms with Gasteiger partial charge in [-0.2, -0.15) is 5.10 Å². The zero-order valence-electron chi connectivity index (χ0n) is 20.9. The van der Waals surface area contributed by atoms with Gasteiger partial charge in [0.1, 0.15) is 17.1 Å². The van der Waals surface area contributed by atoms with Crippen molar-refractivity contribution in [3.63, 3.8) is 0 Å². The number of phenolic OH excluding ortho intramolecular Hbond substituents is 2. The number of hydrogen-bond donors (Lipinski definition) is 3. The van der Waals surface area contributed by atoms with Crippen LogP contribution < -0.4 is 4.74 Å². The molecule has 1 aliphatic heterocycles. The van der Waals surface area contributed by atoms with Gasteiger partial charge in [0.25, 0.3) is 5.91 Å². The maximum absolute atomic E-state index is 13.5. The Labute approximate surface area is 205 Å². The molecule has 0 spiro atoms. The van der Waals surface area contributed by atoms with Crippen LogP contribution >= 0.6 is 0 Å². The van der Waals surface area contributed by atoms with E-state index in [0.717, 1.165) is 16.7 Å². The summed E-state index contributed by atoms with van der Waals surface area (Å²) in [7, 11) is 0. The van der Waals surface area contributed by atoms with Gasteiger partial charge in [-0.15, -0.1) is 0 Å². The van der Waals surface area contributed by atoms with Crippen LogP contribution in [0.1, 0.15) is 66.0 Å². The summed E-state index contributed by atoms with van der Waals surface area (Å²) in [6, 6.07) is 8.45. The number of amides is 1. The van der Waals surface area contributed by atoms with Crippen molar-refractivity contribution < 1.29 is 24.5 Å². The summed E-state index contributed by atoms with van der Waals surface area (Å²) in [5, 5.41) is 28.5. The molecule has 1 aromatic heterocycles. The topological polar surface area (TPSA) is 108 Å². The number of nitrogens with one attached hydrogen (secondary N) is 1. The molecule has 4 rings (SSSR count). The number of fused-ring (bicyclic) bond motifs is 1. The van der Waals surface area contributed by atoms with Crippen LogP contribution in [-0.2, 0) is 4.74 Å². The number of aryl methyl sites for hydroxylation is 2. The van der Waals surface area contributed by atoms with Crippen LogP contribution in [0.5, 0.6) is 17.2 Å². The summed E-state index contributed by atoms with van der Waals surface area (Å²) < 4.78 is 11.3. The molecule has 1 amide bonds. The lowest BCUT2D eigenvalue weighted by Gasteiger charge is -2.27. The standard InChI is InChI=1S/C27H33N3O5/c1-6-34-21-14-18(8-9-20(21)31)25-22-23(19-13-16(4)12-17(5)26(19)32)28-29-24(22)27(33)30(25)10-7-11-35-15(2)3/h8-9,12-15,25,31-32H,6-7,10-11H2,1-5H3,(H,28,29). The molecule has 8 heteroatoms. The first-order chi connectivity index (χ1) is 16.7. The van der Waals surface area contributed by atoms with Crippen LogP contribution in [0.2, 0.25) is 0 Å². The summed E-state index contributed by atoms with van der Waals surface area (Å²) in [6.45, 7) is 11.0. The fourth-order valence-corrected chi connectivity index (χ4v) is 4.65. The van der Waals surface area contributed by atoms with Gasteiger partial charge < -0.3 is 24.6 Å². The summed E-state index contributed by atoms with van der Waals surface area (Å²) in [5.41, 5.74) is 4.73. The van der Waals surface area contributed by atoms with Crippen molar-refractivity contribution in [1.82, 2.24) is 15.1 Å². The molecule has 3 aromatic rings. The molecule has 8 nitrogen and oxygen atoms in total. The normalized spacial score (nSPS) is 15.2. The molecule has 1 unspecified atom stereocenters. The Kier molecular flexibility index (Phi) is 7.03. The minimum Gasteiger partial charge on any atom is -0.507 e. The fraction of sp³-hybridized carbons (Fsp3) is 0.407. The Bertz CT molecular complexity index is 1230. The lowest BCUT2D eigenvalue weighted by Crippen LogP contribution is -2.31. The van der Waals surface area contributed by atoms with Crippen molar-refractivity contribution in [3.05, 3.63) is 58.3 Å². The summed E-state index contributed by atoms with van der Waals surface area (Å²) in [6.07, 6.45) is 0.778. The van der Waals surface area contributed by atoms with E-state index in [1.807, 2.05) is 46.8 Å². The second kappa shape index (κ2) is 10.00. The number of nitrogens with zero attached hydrogens (tertiary/aromatic N) is 2. The fourth-order valence-electron chi connectivity index (χ4n) is 4.65. The molecule has 0 fully saturated rings. The van der Waals surface area contributed by atoms with Crippen LogP contribution in [0.15, 0.2) is 30.3 Å². The number of hydrogen-bond acceptors (Lipinski definition) is 6. The zero-order chi connectivity index (χ0) is 25.3. The van der Waals surface area contributed by atoms with E-state index in [2.05, 4.69) is 10.2 Å². The maximum atomic E-state index is 13.5. The molecule has 0 saturated heterocycles. The van der Waals surface area contributed by atoms with Gasteiger partial charge in [-0.3, -0.25) is 9.89 Å². The Morgan fingerprint density at radius 3 is 2.66 bits per heavy atom. The number of ether oxygens (including phenoxy) is 2. The molecule has 35 heavy (non-hydrogen) atoms. The van der Waals surface area contributed by atoms with E-state index in [1.165, 1.54) is 0 Å². The molecule has 0 aliphatic carbocycles. The average Bonchev–Trinajstić information content (AvgIpc) is 3.34. The van der Waals surface area contributed by atoms with E-state index in [0.29, 0.717) is 54.4 Å². The number of phenols is 2. The summed E-state index contributed by atoms with van der Waals surface area (Å²) in [4.78, 5) is 15.3. The van der Waals surface area contributed by atoms with E-state index in [4.69, 9.17) is 9.47 Å². The first-order valence-electron chi connectivity index (χ1n) is 12.0. The van der Waals surface area contributed by atoms with Crippen molar-refractivity contribution in [3.8, 4) is 28.5 Å². The number of aromatic hydroxyl groups is 2. The Morgan fingerprint density at radius 2 is 1.94 bits per heavy atom. The molecule has 1 aliphatic rings. The molecule has 0 saturated carbocycles. The summed E-state index contributed by atoms with van der Waals surface area (Å²) in [5.74, 6) is 0.369. The molecular weight excluding hydrogens is 446 g/mol. The number of rotatable bonds is 9. The van der Waals surface area contributed by atoms with Crippen molar-refractivity contribution in [2.45, 2.75) is 53.2 Å². The van der Waals surface area contributed by atoms with Gasteiger partial charge in [0.05, 0.1) is 18.8 Å². The van der Waals surface area contributed by atoms with Gasteiger partial charge in [-0.1, -0.05) is 12.1 Å². The molecule has 1 atom stereocenters. The first kappa shape index (κ1) is 24.6. The highest BCUT2D eigenvalue weighted by atomic mass is 16.5. The van der Waals surface area contributed by atoms with E-state index in [9.17, 15) is 15.0 Å². The second-order valence-electron chi connectivity index (χ2n) is 9.17. The van der Waals surface area contributed by atoms with Gasteiger partial charge >= 0.3 is 0 Å². The SMILES string of the molecule is CCOc1cc(C2c3c(-c4cc(C)cc(C)c4O)n[nH]c3C(=O)N2CCCOC(C)C)ccc1O. The quantitative estimate of drug-likeness (QED) is 0.378. The molecule has 2 heterocycles. The monoisotopic (exact) mass is 479 g/mol. The minimum absolute atomic E-state index is 0.0383. The van der Waals surface area contributed by atoms with Crippen LogP contribution in [0.25, 0.3) is 11.3 Å². The number of carbonyl (C=O) groups excluding carboxylic acids is 1. The Morgan fingerprint density at radius 1 is 1.17 bits per heavy atom. The average molecular weight is 480 g/mol. The predicted octanol–water partition coefficient (Wildman–Crippen LogP) is 4.86. The van der Waals surface area contributed by atoms with Crippen LogP contribution in [-0.4, -0.2) is 57.1 Å². The van der Waals surface area contributed by atoms with Gasteiger partial charge in [-0.25, -0.2) is 0 Å². The smallest absolute Gasteiger partial charge is 0.273 e. The van der Waals surface area contributed by atoms with Crippen LogP contribution in [0.3, 0.4) is 0 Å². The van der Waals surface area contributed by atoms with Gasteiger partial charge in [0.15, 0.2) is 11.5 Å². The largest absolute Gasteiger partial charge is 0.507 e. The Hall–Kier alpha value is -3.52. The van der Waals surface area contributed by atoms with Gasteiger partial charge in [0.2, 0.25) is 0 Å². The number of carbonyl (C=O) groups is 1. The molecule has 0 radical (unpaired) electrons. The number of aromatic amines is 1. The summed E-state index contributed by atoms with van der Waals surface area (Å²) >= 11 is 0. The highest BCUT2D eigenvalue weighted by Gasteiger charge is 2.42. The Balaban J connectivity index is 1.82. The van der Waals surface area contributed by atoms with E-state index in [1.54, 1.807) is 23.1 Å². The third-order valence-electron chi connectivity index (χ3n) is 6.16. The predicted molar refractivity (Wildman–Crippen MR) is 133 cm³/mol. The van der Waals surface area contributed by atoms with E-state index in [-0.39, 0.29) is 23.5 Å². The molecule has 186 valence electrons. The van der Waals surface area contributed by atoms with Crippen LogP contribution in [0.4, 0.5) is 0 Å². The van der Waals surface area contributed by atoms with E-state index >= 15 is 0 Å². The molecule has 3 N–H and O–H groups in total. The highest BCUT2D eigenvalue weighted by Crippen LogP contribution is 2.46. The van der Waals surface area contributed by atoms with Crippen molar-refractivity contribution in [2.75, 3.05) is 19.8 Å². The van der Waals surface area contributed by atoms with Gasteiger partial charge in [0, 0.05) is 24.3 Å². The number of aromatic nitrogens is 2. The van der Waals surface area contributed by atoms with Crippen molar-refractivity contribution in [2.24, 2.45) is 0 Å². The molecule has 2 aromatic carbocycles. The van der Waals surface area contributed by atoms with Gasteiger partial charge in [-0.05, 0) is 75.9 Å². The third kappa shape index (κ3) is 4.71. The highest BCUT2D eigenvalue weighted by molar-refractivity contribution is 6.00. The van der Waals surface area contributed by atoms with Crippen molar-refractivity contribution >= 4 is 5.91 Å². The lowest BCUT2D eigenvalue weighted by atomic mass is 9.94. The molecular formula is C27H33N3O5. The number of benzene rings is 2. The number of H-pyrrole nitrogens is 1. The maximum Gasteiger partial charge on any atom is 0.273 e. The second-order valence-corrected chi connectivity index (χ2v) is 9.17. The van der Waals surface area contributed by atoms with Crippen molar-refractivity contribution in [1.29, 1.82) is 0 Å². The first-order valence-corrected chi connectivity index (χ1v) is 12.0. The third-order valence-corrected chi connectivity index (χ3v) is 6.16. The minimum atomic E-state index is -0.467. The lowest BCUT2D eigenvalue weighted by molar-refractivity contribution is 0.0601. The van der Waals surface area contributed by atoms with E-state index < -0.39 is 6.04 Å². The zero-order valence-corrected chi connectivity index (χ0v) is 20.9. The molecule has 0 bridgehead atoms. The van der Waals surface area contributed by atoms with Crippen LogP contribution in [0, 0.1) is 13.8 Å².